The predicted molar refractivity (Wildman–Crippen MR) is 96.8 cm³/mol. The Morgan fingerprint density at radius 3 is 2.12 bits per heavy atom. The molecule has 0 spiro atoms. The largest absolute Gasteiger partial charge is 0.461 e. The van der Waals surface area contributed by atoms with Gasteiger partial charge in [-0.1, -0.05) is 73.5 Å². The molecule has 2 aromatic carbocycles. The Labute approximate surface area is 154 Å². The Morgan fingerprint density at radius 1 is 0.923 bits per heavy atom. The first kappa shape index (κ1) is 19.6. The van der Waals surface area contributed by atoms with Crippen molar-refractivity contribution < 1.29 is 19.1 Å². The summed E-state index contributed by atoms with van der Waals surface area (Å²) in [7, 11) is 0. The predicted octanol–water partition coefficient (Wildman–Crippen LogP) is 4.20. The van der Waals surface area contributed by atoms with Crippen molar-refractivity contribution in [3.05, 3.63) is 71.8 Å². The van der Waals surface area contributed by atoms with Crippen LogP contribution in [0.4, 0.5) is 0 Å². The molecular weight excluding hydrogens is 328 g/mol. The highest BCUT2D eigenvalue weighted by atomic mass is 16.5. The average molecular weight is 352 g/mol. The number of ether oxygens (including phenoxy) is 1. The number of hydrogen-bond acceptors (Lipinski definition) is 4. The van der Waals surface area contributed by atoms with Gasteiger partial charge in [0, 0.05) is 0 Å². The molecule has 0 unspecified atom stereocenters. The van der Waals surface area contributed by atoms with Crippen molar-refractivity contribution >= 4 is 12.1 Å². The fourth-order valence-electron chi connectivity index (χ4n) is 3.48. The van der Waals surface area contributed by atoms with Crippen molar-refractivity contribution in [2.45, 2.75) is 38.7 Å². The lowest BCUT2D eigenvalue weighted by atomic mass is 9.78. The van der Waals surface area contributed by atoms with E-state index in [0.29, 0.717) is 12.5 Å². The van der Waals surface area contributed by atoms with Crippen LogP contribution in [0, 0.1) is 11.8 Å². The third-order valence-corrected chi connectivity index (χ3v) is 4.71. The second-order valence-corrected chi connectivity index (χ2v) is 6.60. The highest BCUT2D eigenvalue weighted by Crippen LogP contribution is 2.32. The fraction of sp³-hybridized carbons (Fsp3) is 0.364. The quantitative estimate of drug-likeness (QED) is 0.757. The molecule has 1 aliphatic rings. The molecule has 1 aliphatic carbocycles. The average Bonchev–Trinajstić information content (AvgIpc) is 2.68. The molecular formula is C22H24O4. The van der Waals surface area contributed by atoms with Crippen molar-refractivity contribution in [3.8, 4) is 0 Å². The van der Waals surface area contributed by atoms with Gasteiger partial charge in [0.25, 0.3) is 0 Å². The summed E-state index contributed by atoms with van der Waals surface area (Å²) < 4.78 is 5.53. The van der Waals surface area contributed by atoms with Crippen molar-refractivity contribution in [2.24, 2.45) is 11.8 Å². The van der Waals surface area contributed by atoms with Crippen LogP contribution in [0.5, 0.6) is 0 Å². The Bertz CT molecular complexity index is 691. The molecule has 0 amide bonds. The number of esters is 1. The van der Waals surface area contributed by atoms with Gasteiger partial charge in [0.15, 0.2) is 0 Å². The van der Waals surface area contributed by atoms with Crippen LogP contribution in [0.15, 0.2) is 60.7 Å². The zero-order chi connectivity index (χ0) is 18.6. The summed E-state index contributed by atoms with van der Waals surface area (Å²) in [4.78, 5) is 28.6. The van der Waals surface area contributed by atoms with Gasteiger partial charge in [0.05, 0.1) is 5.92 Å². The van der Waals surface area contributed by atoms with Crippen molar-refractivity contribution in [1.29, 1.82) is 0 Å². The van der Waals surface area contributed by atoms with Gasteiger partial charge in [-0.3, -0.25) is 4.79 Å². The number of hydrogen-bond donors (Lipinski definition) is 0. The van der Waals surface area contributed by atoms with Crippen LogP contribution < -0.4 is 0 Å². The van der Waals surface area contributed by atoms with E-state index in [1.807, 2.05) is 36.4 Å². The Balaban J connectivity index is 0.000000758. The van der Waals surface area contributed by atoms with Gasteiger partial charge in [0.1, 0.15) is 6.61 Å². The molecule has 0 heterocycles. The molecule has 0 N–H and O–H groups in total. The van der Waals surface area contributed by atoms with Crippen LogP contribution in [0.2, 0.25) is 0 Å². The molecule has 0 aromatic heterocycles. The van der Waals surface area contributed by atoms with Crippen molar-refractivity contribution in [3.63, 3.8) is 0 Å². The van der Waals surface area contributed by atoms with E-state index in [2.05, 4.69) is 24.3 Å². The van der Waals surface area contributed by atoms with Crippen LogP contribution >= 0.6 is 0 Å². The molecule has 0 saturated heterocycles. The SMILES string of the molecule is O=C(OCc1ccccc1)[C@H]1CCC[C@H](Cc2ccccc2)C1.O=C=O. The topological polar surface area (TPSA) is 60.4 Å². The summed E-state index contributed by atoms with van der Waals surface area (Å²) in [5.41, 5.74) is 2.42. The molecule has 3 rings (SSSR count). The maximum atomic E-state index is 12.3. The summed E-state index contributed by atoms with van der Waals surface area (Å²) in [6, 6.07) is 20.5. The molecule has 26 heavy (non-hydrogen) atoms. The minimum Gasteiger partial charge on any atom is -0.461 e. The second-order valence-electron chi connectivity index (χ2n) is 6.60. The Hall–Kier alpha value is -2.71. The van der Waals surface area contributed by atoms with Gasteiger partial charge in [-0.2, -0.15) is 9.59 Å². The van der Waals surface area contributed by atoms with E-state index in [1.54, 1.807) is 0 Å². The number of carbonyl (C=O) groups excluding carboxylic acids is 3. The monoisotopic (exact) mass is 352 g/mol. The van der Waals surface area contributed by atoms with E-state index >= 15 is 0 Å². The molecule has 2 atom stereocenters. The van der Waals surface area contributed by atoms with Gasteiger partial charge in [-0.25, -0.2) is 0 Å². The smallest absolute Gasteiger partial charge is 0.373 e. The standard InChI is InChI=1S/C21H24O2.CO2/c22-21(23-16-18-10-5-2-6-11-18)20-13-7-12-19(15-20)14-17-8-3-1-4-9-17;2-1-3/h1-6,8-11,19-20H,7,12-16H2;/t19-,20+;/m1./s1. The van der Waals surface area contributed by atoms with E-state index in [4.69, 9.17) is 14.3 Å². The lowest BCUT2D eigenvalue weighted by Crippen LogP contribution is -2.25. The molecule has 136 valence electrons. The normalized spacial score (nSPS) is 18.8. The lowest BCUT2D eigenvalue weighted by molar-refractivity contribution is -0.191. The third-order valence-electron chi connectivity index (χ3n) is 4.71. The van der Waals surface area contributed by atoms with Gasteiger partial charge >= 0.3 is 12.1 Å². The minimum atomic E-state index is -0.0217. The van der Waals surface area contributed by atoms with Crippen molar-refractivity contribution in [2.75, 3.05) is 0 Å². The van der Waals surface area contributed by atoms with Crippen LogP contribution in [0.1, 0.15) is 36.8 Å². The summed E-state index contributed by atoms with van der Waals surface area (Å²) in [5, 5.41) is 0. The first-order valence-electron chi connectivity index (χ1n) is 8.96. The van der Waals surface area contributed by atoms with Crippen LogP contribution in [-0.4, -0.2) is 12.1 Å². The number of carbonyl (C=O) groups is 1. The molecule has 0 aliphatic heterocycles. The molecule has 4 heteroatoms. The molecule has 0 radical (unpaired) electrons. The molecule has 1 saturated carbocycles. The summed E-state index contributed by atoms with van der Waals surface area (Å²) in [6.07, 6.45) is 5.60. The first-order valence-corrected chi connectivity index (χ1v) is 8.96. The van der Waals surface area contributed by atoms with Gasteiger partial charge in [-0.15, -0.1) is 0 Å². The van der Waals surface area contributed by atoms with Crippen LogP contribution in [0.25, 0.3) is 0 Å². The van der Waals surface area contributed by atoms with E-state index in [-0.39, 0.29) is 18.0 Å². The minimum absolute atomic E-state index is 0.0217. The van der Waals surface area contributed by atoms with Crippen molar-refractivity contribution in [1.82, 2.24) is 0 Å². The highest BCUT2D eigenvalue weighted by Gasteiger charge is 2.28. The second kappa shape index (κ2) is 11.0. The number of benzene rings is 2. The van der Waals surface area contributed by atoms with E-state index < -0.39 is 0 Å². The maximum Gasteiger partial charge on any atom is 0.373 e. The molecule has 2 aromatic rings. The van der Waals surface area contributed by atoms with E-state index in [9.17, 15) is 4.79 Å². The molecule has 1 fully saturated rings. The fourth-order valence-corrected chi connectivity index (χ4v) is 3.48. The first-order chi connectivity index (χ1) is 12.7. The van der Waals surface area contributed by atoms with Gasteiger partial charge < -0.3 is 4.74 Å². The summed E-state index contributed by atoms with van der Waals surface area (Å²) >= 11 is 0. The lowest BCUT2D eigenvalue weighted by Gasteiger charge is -2.28. The van der Waals surface area contributed by atoms with E-state index in [1.165, 1.54) is 12.0 Å². The van der Waals surface area contributed by atoms with Crippen LogP contribution in [0.3, 0.4) is 0 Å². The molecule has 4 nitrogen and oxygen atoms in total. The Morgan fingerprint density at radius 2 is 1.50 bits per heavy atom. The third kappa shape index (κ3) is 6.66. The number of rotatable bonds is 5. The summed E-state index contributed by atoms with van der Waals surface area (Å²) in [5.74, 6) is 0.646. The highest BCUT2D eigenvalue weighted by molar-refractivity contribution is 5.72. The van der Waals surface area contributed by atoms with Gasteiger partial charge in [-0.05, 0) is 36.3 Å². The van der Waals surface area contributed by atoms with E-state index in [0.717, 1.165) is 31.2 Å². The zero-order valence-corrected chi connectivity index (χ0v) is 14.8. The van der Waals surface area contributed by atoms with Crippen LogP contribution in [-0.2, 0) is 32.1 Å². The summed E-state index contributed by atoms with van der Waals surface area (Å²) in [6.45, 7) is 0.388. The zero-order valence-electron chi connectivity index (χ0n) is 14.8. The molecule has 0 bridgehead atoms. The van der Waals surface area contributed by atoms with Gasteiger partial charge in [0.2, 0.25) is 0 Å². The maximum absolute atomic E-state index is 12.3. The Kier molecular flexibility index (Phi) is 8.31.